The Bertz CT molecular complexity index is 248. The molecule has 3 N–H and O–H groups in total. The van der Waals surface area contributed by atoms with Crippen molar-refractivity contribution in [3.05, 3.63) is 0 Å². The Morgan fingerprint density at radius 1 is 1.73 bits per heavy atom. The summed E-state index contributed by atoms with van der Waals surface area (Å²) in [5.74, 6) is -3.29. The Kier molecular flexibility index (Phi) is 1.82. The maximum absolute atomic E-state index is 10.5. The molecular formula is C8H17NO2. The van der Waals surface area contributed by atoms with E-state index in [9.17, 15) is 4.79 Å². The number of carbonyl (C=O) groups is 1. The summed E-state index contributed by atoms with van der Waals surface area (Å²) in [6.07, 6.45) is -0.561. The van der Waals surface area contributed by atoms with Crippen LogP contribution < -0.4 is 5.73 Å². The Hall–Kier alpha value is -0.570. The normalized spacial score (nSPS) is 23.8. The monoisotopic (exact) mass is 165 g/mol. The Morgan fingerprint density at radius 2 is 2.36 bits per heavy atom. The highest BCUT2D eigenvalue weighted by Crippen LogP contribution is 2.13. The number of aliphatic carboxylic acids is 1. The molecule has 1 atom stereocenters. The Labute approximate surface area is 76.0 Å². The van der Waals surface area contributed by atoms with Crippen LogP contribution in [-0.4, -0.2) is 17.6 Å². The second-order valence-corrected chi connectivity index (χ2v) is 2.49. The molecule has 0 aromatic heterocycles. The van der Waals surface area contributed by atoms with E-state index in [1.54, 1.807) is 0 Å². The first kappa shape index (κ1) is 3.90. The van der Waals surface area contributed by atoms with Crippen LogP contribution >= 0.6 is 0 Å². The molecule has 0 radical (unpaired) electrons. The SMILES string of the molecule is [2H]C([2H])([2H])C(CC(CN)CC(=O)O)C([2H])([2H])[2H]. The molecule has 0 aliphatic rings. The molecule has 0 fully saturated rings. The number of carboxylic acid groups (broad SMARTS) is 1. The van der Waals surface area contributed by atoms with Crippen LogP contribution in [0.1, 0.15) is 34.8 Å². The van der Waals surface area contributed by atoms with Crippen LogP contribution in [0.15, 0.2) is 0 Å². The summed E-state index contributed by atoms with van der Waals surface area (Å²) in [6.45, 7) is -5.33. The third kappa shape index (κ3) is 5.85. The minimum absolute atomic E-state index is 0.0467. The van der Waals surface area contributed by atoms with Gasteiger partial charge in [0.05, 0.1) is 0 Å². The summed E-state index contributed by atoms with van der Waals surface area (Å²) >= 11 is 0. The van der Waals surface area contributed by atoms with Gasteiger partial charge in [0.1, 0.15) is 0 Å². The summed E-state index contributed by atoms with van der Waals surface area (Å²) in [6, 6.07) is 0. The van der Waals surface area contributed by atoms with E-state index < -0.39 is 31.5 Å². The van der Waals surface area contributed by atoms with Crippen LogP contribution in [0.2, 0.25) is 0 Å². The highest BCUT2D eigenvalue weighted by Gasteiger charge is 2.12. The van der Waals surface area contributed by atoms with Crippen molar-refractivity contribution in [2.45, 2.75) is 26.5 Å². The third-order valence-electron chi connectivity index (χ3n) is 1.37. The molecule has 3 nitrogen and oxygen atoms in total. The van der Waals surface area contributed by atoms with Gasteiger partial charge in [0, 0.05) is 14.6 Å². The lowest BCUT2D eigenvalue weighted by atomic mass is 9.94. The zero-order chi connectivity index (χ0) is 13.9. The van der Waals surface area contributed by atoms with Gasteiger partial charge in [0.15, 0.2) is 0 Å². The molecule has 1 unspecified atom stereocenters. The van der Waals surface area contributed by atoms with Crippen LogP contribution in [0.25, 0.3) is 0 Å². The van der Waals surface area contributed by atoms with Gasteiger partial charge in [0.2, 0.25) is 0 Å². The van der Waals surface area contributed by atoms with Crippen LogP contribution in [0, 0.1) is 11.8 Å². The van der Waals surface area contributed by atoms with Crippen LogP contribution in [0.4, 0.5) is 0 Å². The number of hydrogen-bond acceptors (Lipinski definition) is 2. The van der Waals surface area contributed by atoms with Gasteiger partial charge < -0.3 is 10.8 Å². The minimum atomic E-state index is -2.64. The summed E-state index contributed by atoms with van der Waals surface area (Å²) in [7, 11) is 0. The first-order chi connectivity index (χ1) is 7.48. The average molecular weight is 165 g/mol. The van der Waals surface area contributed by atoms with E-state index in [0.29, 0.717) is 0 Å². The molecule has 0 aliphatic carbocycles. The predicted octanol–water partition coefficient (Wildman–Crippen LogP) is 1.08. The Balaban J connectivity index is 4.80. The largest absolute Gasteiger partial charge is 0.481 e. The molecular weight excluding hydrogens is 142 g/mol. The number of hydrogen-bond donors (Lipinski definition) is 2. The van der Waals surface area contributed by atoms with E-state index in [-0.39, 0.29) is 19.4 Å². The lowest BCUT2D eigenvalue weighted by Crippen LogP contribution is -2.19. The molecule has 0 saturated heterocycles. The van der Waals surface area contributed by atoms with Crippen molar-refractivity contribution in [3.63, 3.8) is 0 Å². The van der Waals surface area contributed by atoms with E-state index in [1.807, 2.05) is 0 Å². The van der Waals surface area contributed by atoms with Gasteiger partial charge in [0.25, 0.3) is 0 Å². The van der Waals surface area contributed by atoms with Gasteiger partial charge >= 0.3 is 5.97 Å². The predicted molar refractivity (Wildman–Crippen MR) is 44.3 cm³/mol. The fourth-order valence-corrected chi connectivity index (χ4v) is 0.843. The molecule has 0 aliphatic heterocycles. The highest BCUT2D eigenvalue weighted by molar-refractivity contribution is 5.67. The summed E-state index contributed by atoms with van der Waals surface area (Å²) < 4.78 is 43.1. The standard InChI is InChI=1S/C8H17NO2/c1-6(2)3-7(5-9)4-8(10)11/h6-7H,3-5,9H2,1-2H3,(H,10,11)/i1D3,2D3. The van der Waals surface area contributed by atoms with Crippen LogP contribution in [0.3, 0.4) is 0 Å². The van der Waals surface area contributed by atoms with E-state index in [4.69, 9.17) is 19.1 Å². The molecule has 0 aromatic rings. The van der Waals surface area contributed by atoms with Crippen molar-refractivity contribution in [3.8, 4) is 0 Å². The highest BCUT2D eigenvalue weighted by atomic mass is 16.4. The third-order valence-corrected chi connectivity index (χ3v) is 1.37. The van der Waals surface area contributed by atoms with Gasteiger partial charge in [-0.15, -0.1) is 0 Å². The van der Waals surface area contributed by atoms with Crippen LogP contribution in [0.5, 0.6) is 0 Å². The van der Waals surface area contributed by atoms with E-state index >= 15 is 0 Å². The summed E-state index contributed by atoms with van der Waals surface area (Å²) in [4.78, 5) is 10.5. The summed E-state index contributed by atoms with van der Waals surface area (Å²) in [5.41, 5.74) is 5.33. The molecule has 11 heavy (non-hydrogen) atoms. The van der Waals surface area contributed by atoms with Crippen molar-refractivity contribution in [2.75, 3.05) is 6.54 Å². The molecule has 66 valence electrons. The van der Waals surface area contributed by atoms with Crippen molar-refractivity contribution in [2.24, 2.45) is 17.6 Å². The lowest BCUT2D eigenvalue weighted by molar-refractivity contribution is -0.138. The van der Waals surface area contributed by atoms with Crippen molar-refractivity contribution in [1.82, 2.24) is 0 Å². The van der Waals surface area contributed by atoms with Gasteiger partial charge in [-0.1, -0.05) is 13.7 Å². The lowest BCUT2D eigenvalue weighted by Gasteiger charge is -2.13. The van der Waals surface area contributed by atoms with Crippen molar-refractivity contribution in [1.29, 1.82) is 0 Å². The zero-order valence-corrected chi connectivity index (χ0v) is 6.21. The smallest absolute Gasteiger partial charge is 0.303 e. The second kappa shape index (κ2) is 5.13. The molecule has 0 aromatic carbocycles. The molecule has 0 amide bonds. The van der Waals surface area contributed by atoms with Crippen molar-refractivity contribution < 1.29 is 18.1 Å². The quantitative estimate of drug-likeness (QED) is 0.640. The maximum atomic E-state index is 10.5. The van der Waals surface area contributed by atoms with Crippen LogP contribution in [-0.2, 0) is 4.79 Å². The molecule has 0 rings (SSSR count). The summed E-state index contributed by atoms with van der Waals surface area (Å²) in [5, 5.41) is 8.60. The molecule has 0 saturated carbocycles. The fourth-order valence-electron chi connectivity index (χ4n) is 0.843. The first-order valence-electron chi connectivity index (χ1n) is 6.40. The Morgan fingerprint density at radius 3 is 2.73 bits per heavy atom. The fraction of sp³-hybridized carbons (Fsp3) is 0.875. The second-order valence-electron chi connectivity index (χ2n) is 2.49. The number of carboxylic acids is 1. The molecule has 0 heterocycles. The van der Waals surface area contributed by atoms with Gasteiger partial charge in [-0.25, -0.2) is 0 Å². The first-order valence-corrected chi connectivity index (χ1v) is 3.40. The molecule has 3 heteroatoms. The molecule has 0 bridgehead atoms. The topological polar surface area (TPSA) is 63.3 Å². The van der Waals surface area contributed by atoms with Crippen molar-refractivity contribution >= 4 is 5.97 Å². The molecule has 0 spiro atoms. The average Bonchev–Trinajstić information content (AvgIpc) is 2.07. The van der Waals surface area contributed by atoms with E-state index in [1.165, 1.54) is 0 Å². The number of rotatable bonds is 5. The van der Waals surface area contributed by atoms with Gasteiger partial charge in [-0.05, 0) is 24.8 Å². The number of nitrogens with two attached hydrogens (primary N) is 1. The van der Waals surface area contributed by atoms with E-state index in [0.717, 1.165) is 0 Å². The van der Waals surface area contributed by atoms with E-state index in [2.05, 4.69) is 0 Å². The van der Waals surface area contributed by atoms with Gasteiger partial charge in [-0.2, -0.15) is 0 Å². The van der Waals surface area contributed by atoms with Gasteiger partial charge in [-0.3, -0.25) is 4.79 Å². The zero-order valence-electron chi connectivity index (χ0n) is 12.2. The maximum Gasteiger partial charge on any atom is 0.303 e. The minimum Gasteiger partial charge on any atom is -0.481 e.